The van der Waals surface area contributed by atoms with E-state index in [0.29, 0.717) is 12.2 Å². The van der Waals surface area contributed by atoms with E-state index in [-0.39, 0.29) is 5.92 Å². The Morgan fingerprint density at radius 1 is 1.18 bits per heavy atom. The van der Waals surface area contributed by atoms with Gasteiger partial charge in [-0.3, -0.25) is 9.78 Å². The van der Waals surface area contributed by atoms with Gasteiger partial charge in [0.25, 0.3) is 0 Å². The monoisotopic (exact) mass is 394 g/mol. The number of nitrogens with zero attached hydrogens (tertiary/aromatic N) is 4. The topological polar surface area (TPSA) is 59.0 Å². The van der Waals surface area contributed by atoms with Gasteiger partial charge in [0.05, 0.1) is 0 Å². The van der Waals surface area contributed by atoms with Crippen LogP contribution in [0.5, 0.6) is 0 Å². The Morgan fingerprint density at radius 3 is 2.71 bits per heavy atom. The van der Waals surface area contributed by atoms with Gasteiger partial charge in [0.1, 0.15) is 15.8 Å². The molecule has 1 fully saturated rings. The zero-order valence-electron chi connectivity index (χ0n) is 16.5. The number of fused-ring (bicyclic) bond motifs is 1. The first kappa shape index (κ1) is 19.2. The number of pyridine rings is 1. The van der Waals surface area contributed by atoms with Crippen LogP contribution in [0.15, 0.2) is 30.5 Å². The minimum absolute atomic E-state index is 0.182. The Morgan fingerprint density at radius 2 is 2.00 bits per heavy atom. The average Bonchev–Trinajstić information content (AvgIpc) is 3.14. The molecule has 0 unspecified atom stereocenters. The van der Waals surface area contributed by atoms with Crippen LogP contribution in [0.1, 0.15) is 36.9 Å². The van der Waals surface area contributed by atoms with Crippen LogP contribution in [-0.4, -0.2) is 45.5 Å². The molecule has 4 rings (SSSR count). The van der Waals surface area contributed by atoms with Crippen molar-refractivity contribution in [3.63, 3.8) is 0 Å². The summed E-state index contributed by atoms with van der Waals surface area (Å²) in [6.45, 7) is 7.40. The van der Waals surface area contributed by atoms with E-state index in [1.807, 2.05) is 13.1 Å². The lowest BCUT2D eigenvalue weighted by atomic mass is 9.90. The van der Waals surface area contributed by atoms with E-state index in [9.17, 15) is 4.79 Å². The van der Waals surface area contributed by atoms with Crippen molar-refractivity contribution in [2.45, 2.75) is 39.5 Å². The van der Waals surface area contributed by atoms with Gasteiger partial charge in [-0.2, -0.15) is 0 Å². The number of likely N-dealkylation sites (tertiary alicyclic amines) is 1. The zero-order chi connectivity index (χ0) is 19.5. The van der Waals surface area contributed by atoms with E-state index in [1.165, 1.54) is 6.42 Å². The quantitative estimate of drug-likeness (QED) is 0.624. The normalized spacial score (nSPS) is 15.9. The third-order valence-electron chi connectivity index (χ3n) is 5.49. The summed E-state index contributed by atoms with van der Waals surface area (Å²) in [5, 5.41) is 12.4. The molecule has 0 bridgehead atoms. The van der Waals surface area contributed by atoms with Gasteiger partial charge in [-0.15, -0.1) is 10.2 Å². The van der Waals surface area contributed by atoms with Crippen molar-refractivity contribution in [1.29, 1.82) is 0 Å². The summed E-state index contributed by atoms with van der Waals surface area (Å²) in [6, 6.07) is 8.29. The Hall–Kier alpha value is -2.18. The maximum Gasteiger partial charge on any atom is 0.147 e. The Balaban J connectivity index is 1.47. The van der Waals surface area contributed by atoms with Crippen LogP contribution in [0.2, 0.25) is 0 Å². The van der Waals surface area contributed by atoms with Gasteiger partial charge in [-0.1, -0.05) is 30.4 Å². The molecule has 0 radical (unpaired) electrons. The van der Waals surface area contributed by atoms with Gasteiger partial charge in [-0.25, -0.2) is 0 Å². The number of rotatable bonds is 6. The summed E-state index contributed by atoms with van der Waals surface area (Å²) in [5.41, 5.74) is 1.92. The molecule has 6 heteroatoms. The lowest BCUT2D eigenvalue weighted by Crippen LogP contribution is -2.37. The van der Waals surface area contributed by atoms with Crippen LogP contribution in [0.25, 0.3) is 21.3 Å². The molecule has 1 saturated heterocycles. The third kappa shape index (κ3) is 4.28. The SMILES string of the molecule is CCCN1CCC(C(=O)Cc2cc3cc(-c4nnc(C)s4)ccc3cn2)CC1. The third-order valence-corrected chi connectivity index (χ3v) is 6.38. The number of hydrogen-bond acceptors (Lipinski definition) is 6. The van der Waals surface area contributed by atoms with E-state index in [2.05, 4.69) is 51.3 Å². The number of carbonyl (C=O) groups excluding carboxylic acids is 1. The zero-order valence-corrected chi connectivity index (χ0v) is 17.3. The molecule has 1 aliphatic heterocycles. The van der Waals surface area contributed by atoms with Gasteiger partial charge in [0.2, 0.25) is 0 Å². The summed E-state index contributed by atoms with van der Waals surface area (Å²) in [5.74, 6) is 0.514. The molecule has 3 aromatic rings. The van der Waals surface area contributed by atoms with Crippen LogP contribution in [0.3, 0.4) is 0 Å². The number of ketones is 1. The van der Waals surface area contributed by atoms with E-state index in [1.54, 1.807) is 11.3 Å². The predicted octanol–water partition coefficient (Wildman–Crippen LogP) is 4.30. The Labute approximate surface area is 169 Å². The second-order valence-corrected chi connectivity index (χ2v) is 8.80. The van der Waals surface area contributed by atoms with Crippen molar-refractivity contribution < 1.29 is 4.79 Å². The van der Waals surface area contributed by atoms with Crippen molar-refractivity contribution in [2.75, 3.05) is 19.6 Å². The fraction of sp³-hybridized carbons (Fsp3) is 0.455. The number of aryl methyl sites for hydroxylation is 1. The summed E-state index contributed by atoms with van der Waals surface area (Å²) < 4.78 is 0. The minimum Gasteiger partial charge on any atom is -0.303 e. The van der Waals surface area contributed by atoms with Crippen molar-refractivity contribution in [1.82, 2.24) is 20.1 Å². The molecule has 0 amide bonds. The van der Waals surface area contributed by atoms with Gasteiger partial charge < -0.3 is 4.90 Å². The molecule has 1 aromatic carbocycles. The molecule has 1 aliphatic rings. The molecule has 0 atom stereocenters. The highest BCUT2D eigenvalue weighted by atomic mass is 32.1. The molecule has 0 spiro atoms. The fourth-order valence-corrected chi connectivity index (χ4v) is 4.64. The summed E-state index contributed by atoms with van der Waals surface area (Å²) >= 11 is 1.59. The number of Topliss-reactive ketones (excluding diaryl/α,β-unsaturated/α-hetero) is 1. The van der Waals surface area contributed by atoms with Crippen molar-refractivity contribution in [2.24, 2.45) is 5.92 Å². The highest BCUT2D eigenvalue weighted by Gasteiger charge is 2.24. The standard InChI is InChI=1S/C22H26N4OS/c1-3-8-26-9-6-16(7-10-26)21(27)13-20-12-19-11-17(4-5-18(19)14-23-20)22-25-24-15(2)28-22/h4-5,11-12,14,16H,3,6-10,13H2,1-2H3. The molecule has 3 heterocycles. The molecule has 0 saturated carbocycles. The maximum atomic E-state index is 12.8. The fourth-order valence-electron chi connectivity index (χ4n) is 3.95. The summed E-state index contributed by atoms with van der Waals surface area (Å²) in [6.07, 6.45) is 5.44. The largest absolute Gasteiger partial charge is 0.303 e. The number of aromatic nitrogens is 3. The Bertz CT molecular complexity index is 976. The van der Waals surface area contributed by atoms with Crippen LogP contribution >= 0.6 is 11.3 Å². The van der Waals surface area contributed by atoms with Crippen LogP contribution in [0.4, 0.5) is 0 Å². The van der Waals surface area contributed by atoms with E-state index in [4.69, 9.17) is 0 Å². The second-order valence-electron chi connectivity index (χ2n) is 7.62. The average molecular weight is 395 g/mol. The smallest absolute Gasteiger partial charge is 0.147 e. The highest BCUT2D eigenvalue weighted by molar-refractivity contribution is 7.14. The van der Waals surface area contributed by atoms with Crippen molar-refractivity contribution in [3.05, 3.63) is 41.2 Å². The maximum absolute atomic E-state index is 12.8. The van der Waals surface area contributed by atoms with Gasteiger partial charge in [0.15, 0.2) is 0 Å². The first-order chi connectivity index (χ1) is 13.6. The molecule has 28 heavy (non-hydrogen) atoms. The van der Waals surface area contributed by atoms with Crippen LogP contribution < -0.4 is 0 Å². The lowest BCUT2D eigenvalue weighted by Gasteiger charge is -2.30. The lowest BCUT2D eigenvalue weighted by molar-refractivity contribution is -0.123. The second kappa shape index (κ2) is 8.45. The Kier molecular flexibility index (Phi) is 5.78. The van der Waals surface area contributed by atoms with Crippen molar-refractivity contribution >= 4 is 27.9 Å². The molecular formula is C22H26N4OS. The van der Waals surface area contributed by atoms with Gasteiger partial charge in [0, 0.05) is 35.2 Å². The predicted molar refractivity (Wildman–Crippen MR) is 114 cm³/mol. The molecule has 146 valence electrons. The van der Waals surface area contributed by atoms with E-state index in [0.717, 1.165) is 64.5 Å². The van der Waals surface area contributed by atoms with Gasteiger partial charge >= 0.3 is 0 Å². The summed E-state index contributed by atoms with van der Waals surface area (Å²) in [4.78, 5) is 19.8. The highest BCUT2D eigenvalue weighted by Crippen LogP contribution is 2.27. The molecule has 0 aliphatic carbocycles. The van der Waals surface area contributed by atoms with E-state index >= 15 is 0 Å². The number of carbonyl (C=O) groups is 1. The number of hydrogen-bond donors (Lipinski definition) is 0. The van der Waals surface area contributed by atoms with E-state index < -0.39 is 0 Å². The number of piperidine rings is 1. The van der Waals surface area contributed by atoms with Crippen LogP contribution in [0, 0.1) is 12.8 Å². The first-order valence-corrected chi connectivity index (χ1v) is 10.9. The molecule has 5 nitrogen and oxygen atoms in total. The minimum atomic E-state index is 0.182. The number of benzene rings is 1. The van der Waals surface area contributed by atoms with Crippen molar-refractivity contribution in [3.8, 4) is 10.6 Å². The molecular weight excluding hydrogens is 368 g/mol. The first-order valence-electron chi connectivity index (χ1n) is 10.1. The van der Waals surface area contributed by atoms with Crippen LogP contribution in [-0.2, 0) is 11.2 Å². The molecule has 0 N–H and O–H groups in total. The van der Waals surface area contributed by atoms with Gasteiger partial charge in [-0.05, 0) is 63.3 Å². The summed E-state index contributed by atoms with van der Waals surface area (Å²) in [7, 11) is 0. The molecule has 2 aromatic heterocycles.